The number of carbonyl (C=O) groups excluding carboxylic acids is 1. The Morgan fingerprint density at radius 3 is 2.94 bits per heavy atom. The van der Waals surface area contributed by atoms with E-state index in [0.717, 1.165) is 6.42 Å². The summed E-state index contributed by atoms with van der Waals surface area (Å²) in [5.74, 6) is -0.933. The highest BCUT2D eigenvalue weighted by atomic mass is 16.5. The number of likely N-dealkylation sites (tertiary alicyclic amines) is 1. The molecule has 0 unspecified atom stereocenters. The molecule has 1 atom stereocenters. The van der Waals surface area contributed by atoms with E-state index in [9.17, 15) is 9.59 Å². The van der Waals surface area contributed by atoms with E-state index in [2.05, 4.69) is 5.32 Å². The summed E-state index contributed by atoms with van der Waals surface area (Å²) in [6.07, 6.45) is 1.28. The number of aliphatic carboxylic acids is 1. The molecule has 1 rings (SSSR count). The van der Waals surface area contributed by atoms with Crippen LogP contribution in [0.2, 0.25) is 0 Å². The van der Waals surface area contributed by atoms with Crippen molar-refractivity contribution in [3.8, 4) is 0 Å². The summed E-state index contributed by atoms with van der Waals surface area (Å²) in [6, 6.07) is -0.989. The van der Waals surface area contributed by atoms with Gasteiger partial charge in [0.05, 0.1) is 6.61 Å². The number of amides is 2. The van der Waals surface area contributed by atoms with Crippen molar-refractivity contribution in [3.63, 3.8) is 0 Å². The van der Waals surface area contributed by atoms with Crippen LogP contribution in [-0.4, -0.2) is 54.4 Å². The highest BCUT2D eigenvalue weighted by Gasteiger charge is 2.33. The first-order valence-corrected chi connectivity index (χ1v) is 5.51. The molecular formula is C10H18N2O4. The topological polar surface area (TPSA) is 78.9 Å². The van der Waals surface area contributed by atoms with Crippen molar-refractivity contribution >= 4 is 12.0 Å². The standard InChI is InChI=1S/C10H18N2O4/c1-2-16-7-5-11-10(15)12-6-3-4-8(12)9(13)14/h8H,2-7H2,1H3,(H,11,15)(H,13,14)/t8-/m0/s1. The van der Waals surface area contributed by atoms with Gasteiger partial charge < -0.3 is 20.1 Å². The van der Waals surface area contributed by atoms with Gasteiger partial charge in [-0.25, -0.2) is 9.59 Å². The fourth-order valence-electron chi connectivity index (χ4n) is 1.74. The van der Waals surface area contributed by atoms with Crippen LogP contribution in [0.15, 0.2) is 0 Å². The van der Waals surface area contributed by atoms with Gasteiger partial charge in [-0.2, -0.15) is 0 Å². The van der Waals surface area contributed by atoms with Gasteiger partial charge in [0.25, 0.3) is 0 Å². The third-order valence-electron chi connectivity index (χ3n) is 2.53. The average Bonchev–Trinajstić information content (AvgIpc) is 2.73. The first-order valence-electron chi connectivity index (χ1n) is 5.51. The molecule has 2 N–H and O–H groups in total. The second kappa shape index (κ2) is 6.32. The van der Waals surface area contributed by atoms with Crippen LogP contribution < -0.4 is 5.32 Å². The molecule has 0 aromatic carbocycles. The summed E-state index contributed by atoms with van der Waals surface area (Å²) in [4.78, 5) is 23.8. The summed E-state index contributed by atoms with van der Waals surface area (Å²) in [5.41, 5.74) is 0. The van der Waals surface area contributed by atoms with E-state index < -0.39 is 12.0 Å². The molecule has 1 heterocycles. The summed E-state index contributed by atoms with van der Waals surface area (Å²) in [5, 5.41) is 11.5. The highest BCUT2D eigenvalue weighted by Crippen LogP contribution is 2.16. The number of nitrogens with one attached hydrogen (secondary N) is 1. The number of urea groups is 1. The Hall–Kier alpha value is -1.30. The fraction of sp³-hybridized carbons (Fsp3) is 0.800. The van der Waals surface area contributed by atoms with E-state index in [0.29, 0.717) is 32.7 Å². The maximum absolute atomic E-state index is 11.6. The summed E-state index contributed by atoms with van der Waals surface area (Å²) in [6.45, 7) is 3.86. The van der Waals surface area contributed by atoms with Gasteiger partial charge in [-0.3, -0.25) is 0 Å². The number of hydrogen-bond donors (Lipinski definition) is 2. The van der Waals surface area contributed by atoms with Crippen LogP contribution in [0.5, 0.6) is 0 Å². The quantitative estimate of drug-likeness (QED) is 0.665. The van der Waals surface area contributed by atoms with Crippen LogP contribution in [0.3, 0.4) is 0 Å². The van der Waals surface area contributed by atoms with E-state index in [1.807, 2.05) is 6.92 Å². The van der Waals surface area contributed by atoms with Crippen molar-refractivity contribution in [2.24, 2.45) is 0 Å². The van der Waals surface area contributed by atoms with Gasteiger partial charge in [0.1, 0.15) is 6.04 Å². The van der Waals surface area contributed by atoms with Crippen LogP contribution in [0.4, 0.5) is 4.79 Å². The lowest BCUT2D eigenvalue weighted by atomic mass is 10.2. The molecule has 0 bridgehead atoms. The Bertz CT molecular complexity index is 257. The minimum atomic E-state index is -0.933. The van der Waals surface area contributed by atoms with Crippen LogP contribution >= 0.6 is 0 Å². The Morgan fingerprint density at radius 1 is 1.56 bits per heavy atom. The Kier molecular flexibility index (Phi) is 5.04. The molecule has 0 aromatic heterocycles. The lowest BCUT2D eigenvalue weighted by Gasteiger charge is -2.21. The van der Waals surface area contributed by atoms with E-state index in [-0.39, 0.29) is 6.03 Å². The van der Waals surface area contributed by atoms with Gasteiger partial charge in [0.2, 0.25) is 0 Å². The van der Waals surface area contributed by atoms with E-state index in [1.165, 1.54) is 4.90 Å². The summed E-state index contributed by atoms with van der Waals surface area (Å²) < 4.78 is 5.07. The number of ether oxygens (including phenoxy) is 1. The lowest BCUT2D eigenvalue weighted by molar-refractivity contribution is -0.141. The number of hydrogen-bond acceptors (Lipinski definition) is 3. The fourth-order valence-corrected chi connectivity index (χ4v) is 1.74. The maximum atomic E-state index is 11.6. The van der Waals surface area contributed by atoms with Crippen molar-refractivity contribution in [2.45, 2.75) is 25.8 Å². The summed E-state index contributed by atoms with van der Waals surface area (Å²) >= 11 is 0. The number of carboxylic acids is 1. The predicted molar refractivity (Wildman–Crippen MR) is 57.3 cm³/mol. The Labute approximate surface area is 94.6 Å². The zero-order valence-corrected chi connectivity index (χ0v) is 9.44. The SMILES string of the molecule is CCOCCNC(=O)N1CCC[C@H]1C(=O)O. The molecule has 6 heteroatoms. The third kappa shape index (κ3) is 3.37. The first kappa shape index (κ1) is 12.8. The Morgan fingerprint density at radius 2 is 2.31 bits per heavy atom. The molecule has 92 valence electrons. The van der Waals surface area contributed by atoms with Gasteiger partial charge in [-0.1, -0.05) is 0 Å². The molecule has 0 aliphatic carbocycles. The second-order valence-corrected chi connectivity index (χ2v) is 3.62. The predicted octanol–water partition coefficient (Wildman–Crippen LogP) is 0.281. The molecule has 1 aliphatic heterocycles. The van der Waals surface area contributed by atoms with Crippen molar-refractivity contribution in [3.05, 3.63) is 0 Å². The minimum Gasteiger partial charge on any atom is -0.480 e. The molecule has 1 aliphatic rings. The number of carboxylic acid groups (broad SMARTS) is 1. The third-order valence-corrected chi connectivity index (χ3v) is 2.53. The zero-order valence-electron chi connectivity index (χ0n) is 9.44. The normalized spacial score (nSPS) is 19.8. The van der Waals surface area contributed by atoms with Gasteiger partial charge in [0, 0.05) is 19.7 Å². The van der Waals surface area contributed by atoms with Crippen LogP contribution in [0, 0.1) is 0 Å². The van der Waals surface area contributed by atoms with Gasteiger partial charge in [-0.15, -0.1) is 0 Å². The summed E-state index contributed by atoms with van der Waals surface area (Å²) in [7, 11) is 0. The second-order valence-electron chi connectivity index (χ2n) is 3.62. The van der Waals surface area contributed by atoms with Crippen molar-refractivity contribution in [1.29, 1.82) is 0 Å². The highest BCUT2D eigenvalue weighted by molar-refractivity contribution is 5.83. The molecule has 16 heavy (non-hydrogen) atoms. The molecule has 0 saturated carbocycles. The molecule has 0 radical (unpaired) electrons. The van der Waals surface area contributed by atoms with Crippen LogP contribution in [-0.2, 0) is 9.53 Å². The van der Waals surface area contributed by atoms with Crippen molar-refractivity contribution in [1.82, 2.24) is 10.2 Å². The molecule has 2 amide bonds. The lowest BCUT2D eigenvalue weighted by Crippen LogP contribution is -2.46. The molecule has 6 nitrogen and oxygen atoms in total. The number of rotatable bonds is 5. The van der Waals surface area contributed by atoms with E-state index in [1.54, 1.807) is 0 Å². The van der Waals surface area contributed by atoms with Crippen molar-refractivity contribution in [2.75, 3.05) is 26.3 Å². The molecule has 1 saturated heterocycles. The first-order chi connectivity index (χ1) is 7.66. The average molecular weight is 230 g/mol. The zero-order chi connectivity index (χ0) is 12.0. The molecular weight excluding hydrogens is 212 g/mol. The minimum absolute atomic E-state index is 0.315. The number of nitrogens with zero attached hydrogens (tertiary/aromatic N) is 1. The smallest absolute Gasteiger partial charge is 0.326 e. The van der Waals surface area contributed by atoms with E-state index >= 15 is 0 Å². The number of carbonyl (C=O) groups is 2. The maximum Gasteiger partial charge on any atom is 0.326 e. The molecule has 0 aromatic rings. The van der Waals surface area contributed by atoms with Gasteiger partial charge in [0.15, 0.2) is 0 Å². The monoisotopic (exact) mass is 230 g/mol. The van der Waals surface area contributed by atoms with E-state index in [4.69, 9.17) is 9.84 Å². The Balaban J connectivity index is 2.32. The van der Waals surface area contributed by atoms with Crippen LogP contribution in [0.25, 0.3) is 0 Å². The molecule has 0 spiro atoms. The molecule has 1 fully saturated rings. The largest absolute Gasteiger partial charge is 0.480 e. The van der Waals surface area contributed by atoms with Crippen LogP contribution in [0.1, 0.15) is 19.8 Å². The van der Waals surface area contributed by atoms with Crippen molar-refractivity contribution < 1.29 is 19.4 Å². The van der Waals surface area contributed by atoms with Gasteiger partial charge in [-0.05, 0) is 19.8 Å². The van der Waals surface area contributed by atoms with Gasteiger partial charge >= 0.3 is 12.0 Å².